The van der Waals surface area contributed by atoms with Gasteiger partial charge >= 0.3 is 0 Å². The number of hydrogen-bond donors (Lipinski definition) is 4. The monoisotopic (exact) mass is 215 g/mol. The zero-order chi connectivity index (χ0) is 11.5. The molecule has 1 aromatic carbocycles. The van der Waals surface area contributed by atoms with Gasteiger partial charge in [0.05, 0.1) is 18.9 Å². The topological polar surface area (TPSA) is 72.7 Å². The Bertz CT molecular complexity index is 339. The van der Waals surface area contributed by atoms with Crippen molar-refractivity contribution in [3.8, 4) is 0 Å². The average Bonchev–Trinajstić information content (AvgIpc) is 2.27. The fraction of sp³-hybridized carbons (Fsp3) is 0.400. The highest BCUT2D eigenvalue weighted by atomic mass is 19.1. The molecular formula is C10H14FNO3. The number of aliphatic hydroxyl groups excluding tert-OH is 2. The molecule has 4 nitrogen and oxygen atoms in total. The van der Waals surface area contributed by atoms with Crippen LogP contribution in [0.25, 0.3) is 0 Å². The minimum absolute atomic E-state index is 0.214. The van der Waals surface area contributed by atoms with E-state index in [-0.39, 0.29) is 24.5 Å². The highest BCUT2D eigenvalue weighted by Gasteiger charge is 2.28. The first kappa shape index (κ1) is 11.9. The maximum Gasteiger partial charge on any atom is 0.129 e. The van der Waals surface area contributed by atoms with Crippen molar-refractivity contribution in [2.75, 3.05) is 18.7 Å². The van der Waals surface area contributed by atoms with Crippen LogP contribution in [0, 0.1) is 5.82 Å². The van der Waals surface area contributed by atoms with Crippen molar-refractivity contribution in [1.82, 2.24) is 0 Å². The van der Waals surface area contributed by atoms with E-state index in [0.29, 0.717) is 0 Å². The van der Waals surface area contributed by atoms with Gasteiger partial charge < -0.3 is 10.2 Å². The quantitative estimate of drug-likeness (QED) is 0.562. The second kappa shape index (κ2) is 4.57. The Morgan fingerprint density at radius 1 is 1.33 bits per heavy atom. The largest absolute Gasteiger partial charge is 0.395 e. The van der Waals surface area contributed by atoms with Crippen molar-refractivity contribution in [2.24, 2.45) is 0 Å². The van der Waals surface area contributed by atoms with Crippen molar-refractivity contribution in [2.45, 2.75) is 12.3 Å². The Hall–Kier alpha value is -1.17. The Balaban J connectivity index is 3.14. The van der Waals surface area contributed by atoms with Gasteiger partial charge in [0.15, 0.2) is 0 Å². The average molecular weight is 215 g/mol. The number of benzene rings is 1. The van der Waals surface area contributed by atoms with Crippen molar-refractivity contribution < 1.29 is 19.8 Å². The summed E-state index contributed by atoms with van der Waals surface area (Å²) in [6.07, 6.45) is 0. The molecule has 0 aromatic heterocycles. The van der Waals surface area contributed by atoms with Crippen LogP contribution < -0.4 is 5.48 Å². The molecule has 0 fully saturated rings. The molecule has 1 aromatic rings. The number of halogens is 1. The van der Waals surface area contributed by atoms with E-state index in [2.05, 4.69) is 0 Å². The molecule has 0 saturated carbocycles. The van der Waals surface area contributed by atoms with Gasteiger partial charge in [-0.3, -0.25) is 10.7 Å². The molecule has 0 aliphatic carbocycles. The zero-order valence-corrected chi connectivity index (χ0v) is 8.37. The lowest BCUT2D eigenvalue weighted by atomic mass is 9.84. The lowest BCUT2D eigenvalue weighted by Crippen LogP contribution is -2.32. The van der Waals surface area contributed by atoms with E-state index in [9.17, 15) is 4.39 Å². The fourth-order valence-electron chi connectivity index (χ4n) is 1.29. The molecule has 0 amide bonds. The summed E-state index contributed by atoms with van der Waals surface area (Å²) in [5, 5.41) is 26.8. The number of aliphatic hydroxyl groups is 2. The third kappa shape index (κ3) is 2.26. The summed E-state index contributed by atoms with van der Waals surface area (Å²) >= 11 is 0. The summed E-state index contributed by atoms with van der Waals surface area (Å²) in [6.45, 7) is 0.843. The maximum absolute atomic E-state index is 13.5. The normalized spacial score (nSPS) is 11.5. The number of hydrogen-bond acceptors (Lipinski definition) is 4. The van der Waals surface area contributed by atoms with E-state index < -0.39 is 11.2 Å². The second-order valence-corrected chi connectivity index (χ2v) is 3.68. The van der Waals surface area contributed by atoms with Crippen LogP contribution in [-0.2, 0) is 5.41 Å². The fourth-order valence-corrected chi connectivity index (χ4v) is 1.29. The predicted molar refractivity (Wildman–Crippen MR) is 53.3 cm³/mol. The summed E-state index contributed by atoms with van der Waals surface area (Å²) in [5.41, 5.74) is 1.23. The molecule has 0 saturated heterocycles. The van der Waals surface area contributed by atoms with Crippen LogP contribution in [0.15, 0.2) is 18.2 Å². The molecule has 0 bridgehead atoms. The summed E-state index contributed by atoms with van der Waals surface area (Å²) in [7, 11) is 0. The van der Waals surface area contributed by atoms with Crippen molar-refractivity contribution in [1.29, 1.82) is 0 Å². The lowest BCUT2D eigenvalue weighted by Gasteiger charge is -2.25. The molecule has 15 heavy (non-hydrogen) atoms. The molecule has 84 valence electrons. The van der Waals surface area contributed by atoms with Gasteiger partial charge in [-0.2, -0.15) is 0 Å². The highest BCUT2D eigenvalue weighted by Crippen LogP contribution is 2.27. The van der Waals surface area contributed by atoms with Crippen molar-refractivity contribution >= 4 is 5.69 Å². The second-order valence-electron chi connectivity index (χ2n) is 3.68. The molecule has 0 spiro atoms. The molecule has 0 heterocycles. The summed E-state index contributed by atoms with van der Waals surface area (Å²) in [6, 6.07) is 3.97. The van der Waals surface area contributed by atoms with Gasteiger partial charge in [0, 0.05) is 5.41 Å². The lowest BCUT2D eigenvalue weighted by molar-refractivity contribution is 0.126. The van der Waals surface area contributed by atoms with Gasteiger partial charge in [-0.15, -0.1) is 0 Å². The smallest absolute Gasteiger partial charge is 0.129 e. The molecule has 0 aliphatic rings. The van der Waals surface area contributed by atoms with Gasteiger partial charge in [0.1, 0.15) is 5.82 Å². The molecule has 0 atom stereocenters. The van der Waals surface area contributed by atoms with Crippen LogP contribution in [0.2, 0.25) is 0 Å². The first-order valence-corrected chi connectivity index (χ1v) is 4.49. The van der Waals surface area contributed by atoms with E-state index in [4.69, 9.17) is 15.4 Å². The molecule has 0 aliphatic heterocycles. The number of rotatable bonds is 4. The van der Waals surface area contributed by atoms with Gasteiger partial charge in [-0.1, -0.05) is 13.0 Å². The Kier molecular flexibility index (Phi) is 3.62. The third-order valence-electron chi connectivity index (χ3n) is 2.45. The Labute approximate surface area is 86.9 Å². The van der Waals surface area contributed by atoms with Crippen molar-refractivity contribution in [3.05, 3.63) is 29.6 Å². The van der Waals surface area contributed by atoms with Gasteiger partial charge in [-0.05, 0) is 17.7 Å². The molecule has 5 heteroatoms. The van der Waals surface area contributed by atoms with E-state index in [1.54, 1.807) is 6.92 Å². The van der Waals surface area contributed by atoms with E-state index >= 15 is 0 Å². The van der Waals surface area contributed by atoms with Gasteiger partial charge in [0.2, 0.25) is 0 Å². The van der Waals surface area contributed by atoms with E-state index in [1.807, 2.05) is 5.48 Å². The minimum atomic E-state index is -1.02. The number of nitrogens with one attached hydrogen (secondary N) is 1. The van der Waals surface area contributed by atoms with Crippen molar-refractivity contribution in [3.63, 3.8) is 0 Å². The molecule has 4 N–H and O–H groups in total. The van der Waals surface area contributed by atoms with Gasteiger partial charge in [-0.25, -0.2) is 4.39 Å². The van der Waals surface area contributed by atoms with Crippen LogP contribution in [0.3, 0.4) is 0 Å². The SMILES string of the molecule is CC(CO)(CO)c1ccc(NO)cc1F. The molecule has 0 unspecified atom stereocenters. The number of anilines is 1. The molecule has 1 rings (SSSR count). The Morgan fingerprint density at radius 3 is 2.33 bits per heavy atom. The highest BCUT2D eigenvalue weighted by molar-refractivity contribution is 5.45. The van der Waals surface area contributed by atoms with Crippen LogP contribution in [0.1, 0.15) is 12.5 Å². The minimum Gasteiger partial charge on any atom is -0.395 e. The first-order valence-electron chi connectivity index (χ1n) is 4.49. The van der Waals surface area contributed by atoms with Gasteiger partial charge in [0.25, 0.3) is 0 Å². The summed E-state index contributed by atoms with van der Waals surface area (Å²) in [4.78, 5) is 0. The molecular weight excluding hydrogens is 201 g/mol. The van der Waals surface area contributed by atoms with Crippen LogP contribution in [0.5, 0.6) is 0 Å². The van der Waals surface area contributed by atoms with Crippen LogP contribution in [-0.4, -0.2) is 28.6 Å². The molecule has 0 radical (unpaired) electrons. The maximum atomic E-state index is 13.5. The van der Waals surface area contributed by atoms with Crippen LogP contribution >= 0.6 is 0 Å². The predicted octanol–water partition coefficient (Wildman–Crippen LogP) is 0.869. The first-order chi connectivity index (χ1) is 7.07. The Morgan fingerprint density at radius 2 is 1.93 bits per heavy atom. The third-order valence-corrected chi connectivity index (χ3v) is 2.45. The zero-order valence-electron chi connectivity index (χ0n) is 8.37. The van der Waals surface area contributed by atoms with E-state index in [1.165, 1.54) is 12.1 Å². The van der Waals surface area contributed by atoms with E-state index in [0.717, 1.165) is 6.07 Å². The standard InChI is InChI=1S/C10H14FNO3/c1-10(5-13,6-14)8-3-2-7(12-15)4-9(8)11/h2-4,12-15H,5-6H2,1H3. The summed E-state index contributed by atoms with van der Waals surface area (Å²) in [5.74, 6) is -0.584. The summed E-state index contributed by atoms with van der Waals surface area (Å²) < 4.78 is 13.5. The van der Waals surface area contributed by atoms with Crippen LogP contribution in [0.4, 0.5) is 10.1 Å².